The van der Waals surface area contributed by atoms with Gasteiger partial charge in [-0.3, -0.25) is 4.79 Å². The van der Waals surface area contributed by atoms with Crippen LogP contribution in [0.3, 0.4) is 0 Å². The van der Waals surface area contributed by atoms with Crippen molar-refractivity contribution in [3.8, 4) is 5.75 Å². The standard InChI is InChI=1S/C23H27N5O3/c1-2-31-17-9-4-3-6-14(17)18-19-15(7-5-8-16(19)29)25-22-20(18)21(24)26-23(27-22)28-10-12-30-13-11-28/h3-4,6,9,18H,2,5,7-8,10-13H2,1H3,(H3,24,25,26,27)/t18-/m1/s1. The molecule has 0 spiro atoms. The highest BCUT2D eigenvalue weighted by molar-refractivity contribution is 6.01. The highest BCUT2D eigenvalue weighted by atomic mass is 16.5. The Hall–Kier alpha value is -3.13. The van der Waals surface area contributed by atoms with E-state index in [1.165, 1.54) is 0 Å². The van der Waals surface area contributed by atoms with E-state index in [1.807, 2.05) is 31.2 Å². The molecule has 0 unspecified atom stereocenters. The number of nitrogens with one attached hydrogen (secondary N) is 1. The second kappa shape index (κ2) is 8.19. The molecule has 31 heavy (non-hydrogen) atoms. The molecule has 1 atom stereocenters. The Balaban J connectivity index is 1.68. The highest BCUT2D eigenvalue weighted by Gasteiger charge is 2.39. The first kappa shape index (κ1) is 19.8. The van der Waals surface area contributed by atoms with Gasteiger partial charge in [-0.2, -0.15) is 9.97 Å². The Bertz CT molecular complexity index is 1050. The molecule has 1 aromatic heterocycles. The van der Waals surface area contributed by atoms with Gasteiger partial charge in [-0.05, 0) is 25.8 Å². The SMILES string of the molecule is CCOc1ccccc1[C@@H]1C2=C(CCCC2=O)Nc2nc(N3CCOCC3)nc(N)c21. The van der Waals surface area contributed by atoms with Gasteiger partial charge in [0.2, 0.25) is 5.95 Å². The molecule has 1 aromatic carbocycles. The van der Waals surface area contributed by atoms with Crippen LogP contribution in [0.15, 0.2) is 35.5 Å². The van der Waals surface area contributed by atoms with Crippen molar-refractivity contribution < 1.29 is 14.3 Å². The number of nitrogens with two attached hydrogens (primary N) is 1. The zero-order valence-electron chi connectivity index (χ0n) is 17.7. The number of hydrogen-bond acceptors (Lipinski definition) is 8. The molecule has 2 aromatic rings. The number of anilines is 3. The summed E-state index contributed by atoms with van der Waals surface area (Å²) in [5, 5.41) is 3.43. The van der Waals surface area contributed by atoms with Crippen molar-refractivity contribution >= 4 is 23.4 Å². The number of ketones is 1. The Morgan fingerprint density at radius 1 is 1.23 bits per heavy atom. The Morgan fingerprint density at radius 2 is 2.03 bits per heavy atom. The van der Waals surface area contributed by atoms with E-state index < -0.39 is 0 Å². The van der Waals surface area contributed by atoms with Crippen molar-refractivity contribution in [2.75, 3.05) is 48.9 Å². The smallest absolute Gasteiger partial charge is 0.229 e. The van der Waals surface area contributed by atoms with Gasteiger partial charge in [0.15, 0.2) is 5.78 Å². The maximum Gasteiger partial charge on any atom is 0.229 e. The number of fused-ring (bicyclic) bond motifs is 1. The first-order valence-electron chi connectivity index (χ1n) is 10.9. The zero-order chi connectivity index (χ0) is 21.4. The third-order valence-electron chi connectivity index (χ3n) is 6.09. The molecule has 8 heteroatoms. The van der Waals surface area contributed by atoms with Gasteiger partial charge in [-0.25, -0.2) is 0 Å². The summed E-state index contributed by atoms with van der Waals surface area (Å²) in [5.41, 5.74) is 9.91. The lowest BCUT2D eigenvalue weighted by atomic mass is 9.76. The van der Waals surface area contributed by atoms with Crippen molar-refractivity contribution in [3.05, 3.63) is 46.7 Å². The van der Waals surface area contributed by atoms with E-state index in [9.17, 15) is 4.79 Å². The van der Waals surface area contributed by atoms with Crippen LogP contribution in [0.2, 0.25) is 0 Å². The topological polar surface area (TPSA) is 103 Å². The molecule has 1 aliphatic carbocycles. The first-order chi connectivity index (χ1) is 15.2. The lowest BCUT2D eigenvalue weighted by Gasteiger charge is -2.35. The summed E-state index contributed by atoms with van der Waals surface area (Å²) in [6.45, 7) is 5.22. The van der Waals surface area contributed by atoms with Crippen molar-refractivity contribution in [1.29, 1.82) is 0 Å². The van der Waals surface area contributed by atoms with E-state index in [4.69, 9.17) is 20.2 Å². The van der Waals surface area contributed by atoms with Crippen LogP contribution in [-0.4, -0.2) is 48.7 Å². The predicted octanol–water partition coefficient (Wildman–Crippen LogP) is 2.86. The van der Waals surface area contributed by atoms with Crippen LogP contribution in [0.1, 0.15) is 43.2 Å². The molecule has 1 fully saturated rings. The summed E-state index contributed by atoms with van der Waals surface area (Å²) in [7, 11) is 0. The fourth-order valence-electron chi connectivity index (χ4n) is 4.69. The Kier molecular flexibility index (Phi) is 5.23. The van der Waals surface area contributed by atoms with Gasteiger partial charge >= 0.3 is 0 Å². The van der Waals surface area contributed by atoms with E-state index in [0.29, 0.717) is 43.8 Å². The van der Waals surface area contributed by atoms with Gasteiger partial charge < -0.3 is 25.4 Å². The van der Waals surface area contributed by atoms with Crippen LogP contribution in [-0.2, 0) is 9.53 Å². The lowest BCUT2D eigenvalue weighted by molar-refractivity contribution is -0.116. The third kappa shape index (κ3) is 3.50. The number of allylic oxidation sites excluding steroid dienone is 2. The second-order valence-electron chi connectivity index (χ2n) is 7.97. The monoisotopic (exact) mass is 421 g/mol. The summed E-state index contributed by atoms with van der Waals surface area (Å²) in [4.78, 5) is 24.7. The fourth-order valence-corrected chi connectivity index (χ4v) is 4.69. The van der Waals surface area contributed by atoms with Crippen molar-refractivity contribution in [1.82, 2.24) is 9.97 Å². The van der Waals surface area contributed by atoms with E-state index >= 15 is 0 Å². The molecule has 8 nitrogen and oxygen atoms in total. The van der Waals surface area contributed by atoms with Crippen LogP contribution in [0, 0.1) is 0 Å². The van der Waals surface area contributed by atoms with Crippen LogP contribution >= 0.6 is 0 Å². The average molecular weight is 422 g/mol. The lowest BCUT2D eigenvalue weighted by Crippen LogP contribution is -2.38. The number of carbonyl (C=O) groups is 1. The van der Waals surface area contributed by atoms with Crippen LogP contribution in [0.25, 0.3) is 0 Å². The minimum Gasteiger partial charge on any atom is -0.494 e. The number of nitrogens with zero attached hydrogens (tertiary/aromatic N) is 3. The minimum atomic E-state index is -0.347. The van der Waals surface area contributed by atoms with Gasteiger partial charge in [0.1, 0.15) is 17.4 Å². The molecule has 0 saturated carbocycles. The Labute approximate surface area is 181 Å². The molecule has 5 rings (SSSR count). The third-order valence-corrected chi connectivity index (χ3v) is 6.09. The number of hydrogen-bond donors (Lipinski definition) is 2. The van der Waals surface area contributed by atoms with Gasteiger partial charge in [0.05, 0.1) is 25.7 Å². The Morgan fingerprint density at radius 3 is 2.84 bits per heavy atom. The molecule has 1 saturated heterocycles. The summed E-state index contributed by atoms with van der Waals surface area (Å²) in [6.07, 6.45) is 2.18. The number of carbonyl (C=O) groups excluding carboxylic acids is 1. The van der Waals surface area contributed by atoms with Crippen LogP contribution in [0.4, 0.5) is 17.6 Å². The van der Waals surface area contributed by atoms with Gasteiger partial charge in [0, 0.05) is 41.9 Å². The number of benzene rings is 1. The molecule has 2 aliphatic heterocycles. The molecule has 3 aliphatic rings. The van der Waals surface area contributed by atoms with E-state index in [1.54, 1.807) is 0 Å². The number of morpholine rings is 1. The summed E-state index contributed by atoms with van der Waals surface area (Å²) in [5.74, 6) is 2.21. The number of ether oxygens (including phenoxy) is 2. The molecule has 3 heterocycles. The number of nitrogen functional groups attached to an aromatic ring is 1. The average Bonchev–Trinajstić information content (AvgIpc) is 2.79. The highest BCUT2D eigenvalue weighted by Crippen LogP contribution is 2.49. The fraction of sp³-hybridized carbons (Fsp3) is 0.435. The molecule has 0 amide bonds. The molecule has 3 N–H and O–H groups in total. The number of Topliss-reactive ketones (excluding diaryl/α,β-unsaturated/α-hetero) is 1. The van der Waals surface area contributed by atoms with Crippen LogP contribution in [0.5, 0.6) is 5.75 Å². The van der Waals surface area contributed by atoms with E-state index in [0.717, 1.165) is 54.1 Å². The van der Waals surface area contributed by atoms with Gasteiger partial charge in [-0.15, -0.1) is 0 Å². The molecule has 0 bridgehead atoms. The summed E-state index contributed by atoms with van der Waals surface area (Å²) < 4.78 is 11.4. The molecule has 162 valence electrons. The summed E-state index contributed by atoms with van der Waals surface area (Å²) in [6, 6.07) is 7.85. The molecule has 0 radical (unpaired) electrons. The van der Waals surface area contributed by atoms with E-state index in [-0.39, 0.29) is 11.7 Å². The maximum atomic E-state index is 13.1. The molecular formula is C23H27N5O3. The van der Waals surface area contributed by atoms with Gasteiger partial charge in [-0.1, -0.05) is 18.2 Å². The largest absolute Gasteiger partial charge is 0.494 e. The summed E-state index contributed by atoms with van der Waals surface area (Å²) >= 11 is 0. The van der Waals surface area contributed by atoms with Crippen molar-refractivity contribution in [3.63, 3.8) is 0 Å². The second-order valence-corrected chi connectivity index (χ2v) is 7.97. The van der Waals surface area contributed by atoms with Crippen molar-refractivity contribution in [2.45, 2.75) is 32.1 Å². The number of para-hydroxylation sites is 1. The van der Waals surface area contributed by atoms with E-state index in [2.05, 4.69) is 15.2 Å². The maximum absolute atomic E-state index is 13.1. The predicted molar refractivity (Wildman–Crippen MR) is 118 cm³/mol. The minimum absolute atomic E-state index is 0.146. The first-order valence-corrected chi connectivity index (χ1v) is 10.9. The number of aromatic nitrogens is 2. The zero-order valence-corrected chi connectivity index (χ0v) is 17.7. The number of rotatable bonds is 4. The van der Waals surface area contributed by atoms with Crippen molar-refractivity contribution in [2.24, 2.45) is 0 Å². The van der Waals surface area contributed by atoms with Crippen LogP contribution < -0.4 is 20.7 Å². The quantitative estimate of drug-likeness (QED) is 0.777. The normalized spacial score (nSPS) is 20.7. The molecular weight excluding hydrogens is 394 g/mol. The van der Waals surface area contributed by atoms with Gasteiger partial charge in [0.25, 0.3) is 0 Å².